The normalized spacial score (nSPS) is 16.6. The molecule has 0 bridgehead atoms. The van der Waals surface area contributed by atoms with Gasteiger partial charge in [-0.05, 0) is 30.0 Å². The van der Waals surface area contributed by atoms with Crippen LogP contribution >= 0.6 is 0 Å². The highest BCUT2D eigenvalue weighted by atomic mass is 16.5. The number of methoxy groups -OCH3 is 1. The Hall–Kier alpha value is -2.37. The van der Waals surface area contributed by atoms with Crippen LogP contribution in [0.2, 0.25) is 0 Å². The molecule has 0 radical (unpaired) electrons. The van der Waals surface area contributed by atoms with Gasteiger partial charge in [0.2, 0.25) is 11.7 Å². The number of rotatable bonds is 3. The largest absolute Gasteiger partial charge is 0.453 e. The number of aromatic nitrogens is 2. The Morgan fingerprint density at radius 1 is 1.45 bits per heavy atom. The molecule has 6 nitrogen and oxygen atoms in total. The van der Waals surface area contributed by atoms with Gasteiger partial charge in [0.25, 0.3) is 0 Å². The summed E-state index contributed by atoms with van der Waals surface area (Å²) in [5, 5.41) is 6.89. The van der Waals surface area contributed by atoms with Gasteiger partial charge in [0.1, 0.15) is 0 Å². The van der Waals surface area contributed by atoms with Gasteiger partial charge in [-0.25, -0.2) is 4.79 Å². The predicted octanol–water partition coefficient (Wildman–Crippen LogP) is 3.20. The second-order valence-corrected chi connectivity index (χ2v) is 5.75. The molecule has 1 aliphatic carbocycles. The van der Waals surface area contributed by atoms with Gasteiger partial charge in [-0.15, -0.1) is 0 Å². The molecule has 1 amide bonds. The second kappa shape index (κ2) is 5.79. The molecule has 2 aromatic rings. The van der Waals surface area contributed by atoms with Crippen molar-refractivity contribution in [2.45, 2.75) is 38.6 Å². The molecule has 1 aliphatic rings. The first-order chi connectivity index (χ1) is 10.6. The minimum absolute atomic E-state index is 0.00740. The summed E-state index contributed by atoms with van der Waals surface area (Å²) in [7, 11) is 1.37. The summed E-state index contributed by atoms with van der Waals surface area (Å²) in [5.74, 6) is 1.46. The van der Waals surface area contributed by atoms with E-state index >= 15 is 0 Å². The molecule has 0 unspecified atom stereocenters. The number of fused-ring (bicyclic) bond motifs is 1. The zero-order chi connectivity index (χ0) is 15.7. The topological polar surface area (TPSA) is 77.2 Å². The van der Waals surface area contributed by atoms with E-state index < -0.39 is 6.09 Å². The number of hydrogen-bond donors (Lipinski definition) is 1. The number of alkyl carbamates (subject to hydrolysis) is 1. The number of ether oxygens (including phenoxy) is 1. The number of carbonyl (C=O) groups excluding carboxylic acids is 1. The molecular formula is C16H19N3O3. The summed E-state index contributed by atoms with van der Waals surface area (Å²) in [5.41, 5.74) is 3.27. The fourth-order valence-corrected chi connectivity index (χ4v) is 2.69. The number of benzene rings is 1. The van der Waals surface area contributed by atoms with E-state index in [0.29, 0.717) is 11.7 Å². The van der Waals surface area contributed by atoms with Crippen LogP contribution in [0.5, 0.6) is 0 Å². The molecule has 0 saturated carbocycles. The quantitative estimate of drug-likeness (QED) is 0.942. The standard InChI is InChI=1S/C16H19N3O3/c1-9(2)15-18-14(19-22-15)11-4-6-12-10(8-11)5-7-13(12)17-16(20)21-3/h4,6,8-9,13H,5,7H2,1-3H3,(H,17,20)/t13-/m1/s1. The van der Waals surface area contributed by atoms with Crippen LogP contribution in [0.3, 0.4) is 0 Å². The Balaban J connectivity index is 1.84. The molecule has 3 rings (SSSR count). The summed E-state index contributed by atoms with van der Waals surface area (Å²) < 4.78 is 9.92. The van der Waals surface area contributed by atoms with E-state index in [4.69, 9.17) is 4.52 Å². The molecule has 1 aromatic carbocycles. The Kier molecular flexibility index (Phi) is 3.83. The Bertz CT molecular complexity index is 694. The lowest BCUT2D eigenvalue weighted by Crippen LogP contribution is -2.26. The number of amides is 1. The van der Waals surface area contributed by atoms with Gasteiger partial charge in [-0.2, -0.15) is 4.98 Å². The van der Waals surface area contributed by atoms with E-state index in [0.717, 1.165) is 24.0 Å². The van der Waals surface area contributed by atoms with Crippen molar-refractivity contribution in [1.29, 1.82) is 0 Å². The van der Waals surface area contributed by atoms with E-state index in [1.807, 2.05) is 26.0 Å². The number of hydrogen-bond acceptors (Lipinski definition) is 5. The van der Waals surface area contributed by atoms with Crippen molar-refractivity contribution in [3.63, 3.8) is 0 Å². The molecular weight excluding hydrogens is 282 g/mol. The van der Waals surface area contributed by atoms with Crippen molar-refractivity contribution in [3.05, 3.63) is 35.2 Å². The predicted molar refractivity (Wildman–Crippen MR) is 80.4 cm³/mol. The van der Waals surface area contributed by atoms with Crippen LogP contribution in [-0.2, 0) is 11.2 Å². The zero-order valence-corrected chi connectivity index (χ0v) is 12.9. The lowest BCUT2D eigenvalue weighted by atomic mass is 10.0. The summed E-state index contributed by atoms with van der Waals surface area (Å²) >= 11 is 0. The highest BCUT2D eigenvalue weighted by Gasteiger charge is 2.25. The molecule has 1 N–H and O–H groups in total. The third-order valence-corrected chi connectivity index (χ3v) is 3.89. The number of aryl methyl sites for hydroxylation is 1. The van der Waals surface area contributed by atoms with Crippen molar-refractivity contribution >= 4 is 6.09 Å². The Labute approximate surface area is 128 Å². The molecule has 22 heavy (non-hydrogen) atoms. The Morgan fingerprint density at radius 2 is 2.27 bits per heavy atom. The lowest BCUT2D eigenvalue weighted by molar-refractivity contribution is 0.166. The molecule has 6 heteroatoms. The first-order valence-corrected chi connectivity index (χ1v) is 7.39. The summed E-state index contributed by atoms with van der Waals surface area (Å²) in [6, 6.07) is 6.06. The number of carbonyl (C=O) groups is 1. The lowest BCUT2D eigenvalue weighted by Gasteiger charge is -2.13. The minimum atomic E-state index is -0.401. The summed E-state index contributed by atoms with van der Waals surface area (Å²) in [6.45, 7) is 4.03. The van der Waals surface area contributed by atoms with Crippen molar-refractivity contribution in [1.82, 2.24) is 15.5 Å². The van der Waals surface area contributed by atoms with Gasteiger partial charge in [0.05, 0.1) is 13.2 Å². The maximum Gasteiger partial charge on any atom is 0.407 e. The van der Waals surface area contributed by atoms with Crippen LogP contribution in [-0.4, -0.2) is 23.3 Å². The summed E-state index contributed by atoms with van der Waals surface area (Å²) in [4.78, 5) is 15.8. The number of nitrogens with zero attached hydrogens (tertiary/aromatic N) is 2. The minimum Gasteiger partial charge on any atom is -0.453 e. The van der Waals surface area contributed by atoms with Crippen LogP contribution in [0.1, 0.15) is 49.2 Å². The zero-order valence-electron chi connectivity index (χ0n) is 12.9. The molecule has 1 aromatic heterocycles. The average molecular weight is 301 g/mol. The smallest absolute Gasteiger partial charge is 0.407 e. The van der Waals surface area contributed by atoms with Crippen molar-refractivity contribution in [2.75, 3.05) is 7.11 Å². The Morgan fingerprint density at radius 3 is 2.95 bits per heavy atom. The molecule has 0 aliphatic heterocycles. The van der Waals surface area contributed by atoms with Gasteiger partial charge in [-0.1, -0.05) is 31.1 Å². The van der Waals surface area contributed by atoms with Crippen LogP contribution in [0.4, 0.5) is 4.79 Å². The van der Waals surface area contributed by atoms with E-state index in [9.17, 15) is 4.79 Å². The third-order valence-electron chi connectivity index (χ3n) is 3.89. The maximum atomic E-state index is 11.4. The van der Waals surface area contributed by atoms with Gasteiger partial charge < -0.3 is 14.6 Å². The van der Waals surface area contributed by atoms with Crippen LogP contribution in [0.15, 0.2) is 22.7 Å². The van der Waals surface area contributed by atoms with E-state index in [1.165, 1.54) is 12.7 Å². The van der Waals surface area contributed by atoms with E-state index in [1.54, 1.807) is 0 Å². The van der Waals surface area contributed by atoms with Crippen LogP contribution < -0.4 is 5.32 Å². The molecule has 116 valence electrons. The third kappa shape index (κ3) is 2.68. The highest BCUT2D eigenvalue weighted by molar-refractivity contribution is 5.68. The fraction of sp³-hybridized carbons (Fsp3) is 0.438. The summed E-state index contributed by atoms with van der Waals surface area (Å²) in [6.07, 6.45) is 1.38. The average Bonchev–Trinajstić information content (AvgIpc) is 3.14. The van der Waals surface area contributed by atoms with Gasteiger partial charge >= 0.3 is 6.09 Å². The van der Waals surface area contributed by atoms with Crippen molar-refractivity contribution in [2.24, 2.45) is 0 Å². The number of nitrogens with one attached hydrogen (secondary N) is 1. The molecule has 0 saturated heterocycles. The fourth-order valence-electron chi connectivity index (χ4n) is 2.69. The highest BCUT2D eigenvalue weighted by Crippen LogP contribution is 2.33. The molecule has 0 fully saturated rings. The first-order valence-electron chi connectivity index (χ1n) is 7.39. The first kappa shape index (κ1) is 14.6. The van der Waals surface area contributed by atoms with Crippen molar-refractivity contribution in [3.8, 4) is 11.4 Å². The van der Waals surface area contributed by atoms with Gasteiger partial charge in [0.15, 0.2) is 0 Å². The maximum absolute atomic E-state index is 11.4. The van der Waals surface area contributed by atoms with E-state index in [2.05, 4.69) is 26.3 Å². The van der Waals surface area contributed by atoms with Crippen LogP contribution in [0.25, 0.3) is 11.4 Å². The van der Waals surface area contributed by atoms with E-state index in [-0.39, 0.29) is 12.0 Å². The van der Waals surface area contributed by atoms with Crippen LogP contribution in [0, 0.1) is 0 Å². The van der Waals surface area contributed by atoms with Gasteiger partial charge in [-0.3, -0.25) is 0 Å². The second-order valence-electron chi connectivity index (χ2n) is 5.75. The van der Waals surface area contributed by atoms with Crippen molar-refractivity contribution < 1.29 is 14.1 Å². The molecule has 1 atom stereocenters. The van der Waals surface area contributed by atoms with Gasteiger partial charge in [0, 0.05) is 11.5 Å². The molecule has 1 heterocycles. The molecule has 0 spiro atoms. The SMILES string of the molecule is COC(=O)N[C@@H]1CCc2cc(-c3noc(C(C)C)n3)ccc21. The monoisotopic (exact) mass is 301 g/mol.